The lowest BCUT2D eigenvalue weighted by Gasteiger charge is -2.63. The average Bonchev–Trinajstić information content (AvgIpc) is 3.07. The Morgan fingerprint density at radius 2 is 1.63 bits per heavy atom. The number of aliphatic hydroxyl groups is 3. The maximum absolute atomic E-state index is 11.6. The van der Waals surface area contributed by atoms with Gasteiger partial charge in [0.05, 0.1) is 25.4 Å². The van der Waals surface area contributed by atoms with Crippen molar-refractivity contribution in [3.63, 3.8) is 0 Å². The summed E-state index contributed by atoms with van der Waals surface area (Å²) in [6, 6.07) is 0. The second-order valence-corrected chi connectivity index (χ2v) is 11.6. The van der Waals surface area contributed by atoms with E-state index in [2.05, 4.69) is 20.8 Å². The van der Waals surface area contributed by atoms with Crippen LogP contribution in [0.2, 0.25) is 0 Å². The second kappa shape index (κ2) is 8.04. The van der Waals surface area contributed by atoms with Crippen molar-refractivity contribution in [1.82, 2.24) is 0 Å². The van der Waals surface area contributed by atoms with Gasteiger partial charge in [-0.05, 0) is 97.7 Å². The number of carbonyl (C=O) groups is 1. The van der Waals surface area contributed by atoms with Gasteiger partial charge in [-0.1, -0.05) is 20.8 Å². The van der Waals surface area contributed by atoms with Crippen molar-refractivity contribution in [2.45, 2.75) is 96.9 Å². The fourth-order valence-corrected chi connectivity index (χ4v) is 8.88. The summed E-state index contributed by atoms with van der Waals surface area (Å²) in [7, 11) is 1.46. The van der Waals surface area contributed by atoms with Crippen molar-refractivity contribution in [1.29, 1.82) is 0 Å². The molecule has 30 heavy (non-hydrogen) atoms. The van der Waals surface area contributed by atoms with Crippen LogP contribution < -0.4 is 0 Å². The molecular formula is C25H42O5. The molecule has 4 saturated carbocycles. The predicted molar refractivity (Wildman–Crippen MR) is 114 cm³/mol. The van der Waals surface area contributed by atoms with E-state index < -0.39 is 12.2 Å². The van der Waals surface area contributed by atoms with Crippen LogP contribution in [0.1, 0.15) is 78.6 Å². The van der Waals surface area contributed by atoms with Gasteiger partial charge in [0, 0.05) is 6.42 Å². The van der Waals surface area contributed by atoms with Crippen LogP contribution in [0.5, 0.6) is 0 Å². The van der Waals surface area contributed by atoms with Gasteiger partial charge in [-0.3, -0.25) is 4.79 Å². The Balaban J connectivity index is 1.54. The van der Waals surface area contributed by atoms with Gasteiger partial charge >= 0.3 is 5.97 Å². The fraction of sp³-hybridized carbons (Fsp3) is 0.960. The minimum Gasteiger partial charge on any atom is -0.469 e. The van der Waals surface area contributed by atoms with Crippen molar-refractivity contribution in [3.8, 4) is 0 Å². The molecule has 172 valence electrons. The number of hydrogen-bond donors (Lipinski definition) is 3. The molecule has 0 unspecified atom stereocenters. The van der Waals surface area contributed by atoms with E-state index in [-0.39, 0.29) is 28.8 Å². The Hall–Kier alpha value is -0.650. The molecular weight excluding hydrogens is 380 g/mol. The van der Waals surface area contributed by atoms with E-state index in [9.17, 15) is 20.1 Å². The van der Waals surface area contributed by atoms with Crippen LogP contribution in [0.25, 0.3) is 0 Å². The number of esters is 1. The van der Waals surface area contributed by atoms with Crippen molar-refractivity contribution < 1.29 is 24.9 Å². The van der Waals surface area contributed by atoms with Crippen LogP contribution in [0.4, 0.5) is 0 Å². The van der Waals surface area contributed by atoms with Gasteiger partial charge in [0.1, 0.15) is 0 Å². The van der Waals surface area contributed by atoms with E-state index in [0.29, 0.717) is 48.9 Å². The van der Waals surface area contributed by atoms with Crippen LogP contribution in [0, 0.1) is 46.3 Å². The highest BCUT2D eigenvalue weighted by molar-refractivity contribution is 5.69. The summed E-state index contributed by atoms with van der Waals surface area (Å²) >= 11 is 0. The molecule has 0 radical (unpaired) electrons. The van der Waals surface area contributed by atoms with Crippen molar-refractivity contribution in [3.05, 3.63) is 0 Å². The minimum atomic E-state index is -0.706. The Bertz CT molecular complexity index is 651. The molecule has 0 bridgehead atoms. The first-order valence-electron chi connectivity index (χ1n) is 12.2. The molecule has 5 nitrogen and oxygen atoms in total. The third-order valence-corrected chi connectivity index (χ3v) is 10.5. The van der Waals surface area contributed by atoms with Crippen LogP contribution in [-0.2, 0) is 9.53 Å². The third kappa shape index (κ3) is 3.34. The van der Waals surface area contributed by atoms with Gasteiger partial charge in [0.2, 0.25) is 0 Å². The van der Waals surface area contributed by atoms with Gasteiger partial charge in [0.25, 0.3) is 0 Å². The zero-order chi connectivity index (χ0) is 21.8. The van der Waals surface area contributed by atoms with Crippen LogP contribution >= 0.6 is 0 Å². The van der Waals surface area contributed by atoms with E-state index in [1.807, 2.05) is 0 Å². The summed E-state index contributed by atoms with van der Waals surface area (Å²) in [6.07, 6.45) is 6.47. The molecule has 0 heterocycles. The predicted octanol–water partition coefficient (Wildman–Crippen LogP) is 3.54. The topological polar surface area (TPSA) is 87.0 Å². The molecule has 0 spiro atoms. The maximum atomic E-state index is 11.6. The molecule has 0 aromatic heterocycles. The Morgan fingerprint density at radius 1 is 0.967 bits per heavy atom. The molecule has 0 amide bonds. The zero-order valence-corrected chi connectivity index (χ0v) is 19.2. The Morgan fingerprint density at radius 3 is 2.33 bits per heavy atom. The first kappa shape index (κ1) is 22.5. The van der Waals surface area contributed by atoms with Gasteiger partial charge in [-0.15, -0.1) is 0 Å². The first-order chi connectivity index (χ1) is 14.1. The maximum Gasteiger partial charge on any atom is 0.305 e. The quantitative estimate of drug-likeness (QED) is 0.603. The lowest BCUT2D eigenvalue weighted by atomic mass is 9.43. The van der Waals surface area contributed by atoms with Gasteiger partial charge in [-0.2, -0.15) is 0 Å². The normalized spacial score (nSPS) is 51.4. The standard InChI is InChI=1S/C25H42O5/c1-14(5-8-21(28)30-4)15-6-7-16-22-17(9-11-24(15,16)2)25(3)12-10-19(26)23(29)18(25)13-20(22)27/h14-20,22-23,26-27,29H,5-13H2,1-4H3/t14-,15-,16+,17+,18-,19-,20-,22+,23-,24-,25-/m1/s1. The van der Waals surface area contributed by atoms with Crippen LogP contribution in [-0.4, -0.2) is 46.7 Å². The zero-order valence-electron chi connectivity index (χ0n) is 19.2. The molecule has 0 aliphatic heterocycles. The van der Waals surface area contributed by atoms with E-state index in [1.165, 1.54) is 20.0 Å². The lowest BCUT2D eigenvalue weighted by molar-refractivity contribution is -0.206. The Labute approximate surface area is 181 Å². The summed E-state index contributed by atoms with van der Waals surface area (Å²) in [5.41, 5.74) is 0.228. The highest BCUT2D eigenvalue weighted by Gasteiger charge is 2.64. The van der Waals surface area contributed by atoms with E-state index in [4.69, 9.17) is 4.74 Å². The summed E-state index contributed by atoms with van der Waals surface area (Å²) in [4.78, 5) is 11.6. The highest BCUT2D eigenvalue weighted by Crippen LogP contribution is 2.68. The van der Waals surface area contributed by atoms with Crippen LogP contribution in [0.15, 0.2) is 0 Å². The largest absolute Gasteiger partial charge is 0.469 e. The molecule has 4 rings (SSSR count). The fourth-order valence-electron chi connectivity index (χ4n) is 8.88. The van der Waals surface area contributed by atoms with Crippen molar-refractivity contribution >= 4 is 5.97 Å². The van der Waals surface area contributed by atoms with E-state index in [1.54, 1.807) is 0 Å². The molecule has 4 aliphatic carbocycles. The monoisotopic (exact) mass is 422 g/mol. The molecule has 4 aliphatic rings. The first-order valence-corrected chi connectivity index (χ1v) is 12.2. The van der Waals surface area contributed by atoms with E-state index in [0.717, 1.165) is 25.7 Å². The summed E-state index contributed by atoms with van der Waals surface area (Å²) in [5, 5.41) is 32.3. The molecule has 11 atom stereocenters. The smallest absolute Gasteiger partial charge is 0.305 e. The number of hydrogen-bond acceptors (Lipinski definition) is 5. The van der Waals surface area contributed by atoms with Gasteiger partial charge in [-0.25, -0.2) is 0 Å². The number of fused-ring (bicyclic) bond motifs is 5. The SMILES string of the molecule is COC(=O)CC[C@@H](C)[C@H]1CC[C@H]2[C@@H]3[C@H](O)C[C@@H]4[C@@H](O)[C@H](O)CC[C@]4(C)[C@H]3CC[C@]12C. The third-order valence-electron chi connectivity index (χ3n) is 10.5. The summed E-state index contributed by atoms with van der Waals surface area (Å²) < 4.78 is 4.85. The number of rotatable bonds is 4. The summed E-state index contributed by atoms with van der Waals surface area (Å²) in [5.74, 6) is 2.18. The molecule has 0 aromatic carbocycles. The molecule has 0 saturated heterocycles. The highest BCUT2D eigenvalue weighted by atomic mass is 16.5. The molecule has 3 N–H and O–H groups in total. The van der Waals surface area contributed by atoms with Crippen molar-refractivity contribution in [2.24, 2.45) is 46.3 Å². The van der Waals surface area contributed by atoms with E-state index >= 15 is 0 Å². The molecule has 5 heteroatoms. The Kier molecular flexibility index (Phi) is 6.04. The summed E-state index contributed by atoms with van der Waals surface area (Å²) in [6.45, 7) is 7.06. The number of methoxy groups -OCH3 is 1. The molecule has 4 fully saturated rings. The minimum absolute atomic E-state index is 0.00182. The molecule has 0 aromatic rings. The lowest BCUT2D eigenvalue weighted by Crippen LogP contribution is -2.62. The number of aliphatic hydroxyl groups excluding tert-OH is 3. The van der Waals surface area contributed by atoms with Crippen LogP contribution in [0.3, 0.4) is 0 Å². The number of ether oxygens (including phenoxy) is 1. The number of carbonyl (C=O) groups excluding carboxylic acids is 1. The van der Waals surface area contributed by atoms with Gasteiger partial charge in [0.15, 0.2) is 0 Å². The van der Waals surface area contributed by atoms with Gasteiger partial charge < -0.3 is 20.1 Å². The van der Waals surface area contributed by atoms with Crippen molar-refractivity contribution in [2.75, 3.05) is 7.11 Å². The second-order valence-electron chi connectivity index (χ2n) is 11.6. The average molecular weight is 423 g/mol.